The van der Waals surface area contributed by atoms with Crippen molar-refractivity contribution in [3.05, 3.63) is 0 Å². The molecular formula is C16H22F6O6. The third-order valence-electron chi connectivity index (χ3n) is 3.07. The minimum Gasteiger partial charge on any atom is -0.462 e. The van der Waals surface area contributed by atoms with Crippen LogP contribution in [0, 0.1) is 5.41 Å². The molecule has 0 spiro atoms. The van der Waals surface area contributed by atoms with Gasteiger partial charge in [0.2, 0.25) is 0 Å². The molecule has 0 heterocycles. The molecule has 0 aromatic heterocycles. The molecule has 12 heteroatoms. The van der Waals surface area contributed by atoms with Crippen LogP contribution in [0.2, 0.25) is 0 Å². The Labute approximate surface area is 157 Å². The summed E-state index contributed by atoms with van der Waals surface area (Å²) in [7, 11) is 0. The van der Waals surface area contributed by atoms with Crippen molar-refractivity contribution >= 4 is 17.9 Å². The average Bonchev–Trinajstić information content (AvgIpc) is 2.50. The zero-order valence-electron chi connectivity index (χ0n) is 15.5. The summed E-state index contributed by atoms with van der Waals surface area (Å²) in [4.78, 5) is 33.8. The number of halogens is 6. The Morgan fingerprint density at radius 3 is 1.50 bits per heavy atom. The number of alkyl halides is 6. The maximum absolute atomic E-state index is 12.2. The molecule has 0 atom stereocenters. The largest absolute Gasteiger partial charge is 0.462 e. The average molecular weight is 424 g/mol. The Balaban J connectivity index is 4.12. The van der Waals surface area contributed by atoms with Crippen molar-refractivity contribution in [2.24, 2.45) is 5.41 Å². The van der Waals surface area contributed by atoms with Crippen LogP contribution in [0.4, 0.5) is 26.3 Å². The standard InChI is InChI=1S/C16H22F6O6/c1-14(2,3)7-6-11(24)27-9-8-26-10(23)4-5-12(25)28-13(15(17,18)19)16(20,21)22/h13H,4-9H2,1-3H3. The number of rotatable bonds is 9. The number of esters is 3. The van der Waals surface area contributed by atoms with Crippen molar-refractivity contribution in [3.63, 3.8) is 0 Å². The van der Waals surface area contributed by atoms with Gasteiger partial charge in [0.1, 0.15) is 13.2 Å². The van der Waals surface area contributed by atoms with Crippen LogP contribution in [-0.4, -0.2) is 49.6 Å². The van der Waals surface area contributed by atoms with Crippen LogP contribution in [0.3, 0.4) is 0 Å². The molecule has 0 rings (SSSR count). The van der Waals surface area contributed by atoms with Crippen molar-refractivity contribution in [1.29, 1.82) is 0 Å². The first-order valence-corrected chi connectivity index (χ1v) is 8.16. The first kappa shape index (κ1) is 26.0. The van der Waals surface area contributed by atoms with E-state index < -0.39 is 49.2 Å². The molecule has 0 N–H and O–H groups in total. The van der Waals surface area contributed by atoms with E-state index in [0.29, 0.717) is 6.42 Å². The Kier molecular flexibility index (Phi) is 9.76. The topological polar surface area (TPSA) is 78.9 Å². The lowest BCUT2D eigenvalue weighted by Gasteiger charge is -2.22. The number of ether oxygens (including phenoxy) is 3. The second-order valence-corrected chi connectivity index (χ2v) is 6.95. The number of hydrogen-bond donors (Lipinski definition) is 0. The minimum absolute atomic E-state index is 0.0721. The van der Waals surface area contributed by atoms with Crippen LogP contribution >= 0.6 is 0 Å². The molecule has 0 unspecified atom stereocenters. The van der Waals surface area contributed by atoms with Crippen LogP contribution in [0.1, 0.15) is 46.5 Å². The Morgan fingerprint density at radius 2 is 1.11 bits per heavy atom. The zero-order valence-corrected chi connectivity index (χ0v) is 15.5. The van der Waals surface area contributed by atoms with Crippen molar-refractivity contribution in [1.82, 2.24) is 0 Å². The summed E-state index contributed by atoms with van der Waals surface area (Å²) in [6.07, 6.45) is -17.0. The second kappa shape index (κ2) is 10.5. The number of carbonyl (C=O) groups excluding carboxylic acids is 3. The van der Waals surface area contributed by atoms with E-state index in [1.54, 1.807) is 0 Å². The lowest BCUT2D eigenvalue weighted by Crippen LogP contribution is -2.45. The molecular weight excluding hydrogens is 402 g/mol. The summed E-state index contributed by atoms with van der Waals surface area (Å²) in [5.41, 5.74) is -0.0721. The highest BCUT2D eigenvalue weighted by molar-refractivity contribution is 5.77. The van der Waals surface area contributed by atoms with Gasteiger partial charge in [0.15, 0.2) is 0 Å². The monoisotopic (exact) mass is 424 g/mol. The van der Waals surface area contributed by atoms with Crippen molar-refractivity contribution < 1.29 is 54.9 Å². The minimum atomic E-state index is -5.83. The van der Waals surface area contributed by atoms with E-state index in [-0.39, 0.29) is 25.0 Å². The Morgan fingerprint density at radius 1 is 0.714 bits per heavy atom. The molecule has 0 aromatic carbocycles. The Bertz CT molecular complexity index is 521. The number of carbonyl (C=O) groups is 3. The maximum Gasteiger partial charge on any atom is 0.434 e. The highest BCUT2D eigenvalue weighted by Gasteiger charge is 2.59. The van der Waals surface area contributed by atoms with Crippen LogP contribution in [0.25, 0.3) is 0 Å². The summed E-state index contributed by atoms with van der Waals surface area (Å²) in [6.45, 7) is 5.14. The maximum atomic E-state index is 12.2. The summed E-state index contributed by atoms with van der Waals surface area (Å²) >= 11 is 0. The molecule has 28 heavy (non-hydrogen) atoms. The van der Waals surface area contributed by atoms with Gasteiger partial charge < -0.3 is 14.2 Å². The van der Waals surface area contributed by atoms with Crippen molar-refractivity contribution in [3.8, 4) is 0 Å². The fourth-order valence-electron chi connectivity index (χ4n) is 1.65. The summed E-state index contributed by atoms with van der Waals surface area (Å²) in [5.74, 6) is -3.44. The van der Waals surface area contributed by atoms with Crippen LogP contribution < -0.4 is 0 Å². The fraction of sp³-hybridized carbons (Fsp3) is 0.812. The molecule has 0 radical (unpaired) electrons. The molecule has 164 valence electrons. The van der Waals surface area contributed by atoms with Crippen molar-refractivity contribution in [2.75, 3.05) is 13.2 Å². The lowest BCUT2D eigenvalue weighted by atomic mass is 9.91. The molecule has 0 aliphatic carbocycles. The quantitative estimate of drug-likeness (QED) is 0.243. The molecule has 0 aliphatic rings. The molecule has 0 saturated heterocycles. The molecule has 0 amide bonds. The van der Waals surface area contributed by atoms with E-state index in [9.17, 15) is 40.7 Å². The van der Waals surface area contributed by atoms with E-state index in [4.69, 9.17) is 4.74 Å². The van der Waals surface area contributed by atoms with E-state index in [1.807, 2.05) is 20.8 Å². The molecule has 0 aromatic rings. The Hall–Kier alpha value is -2.01. The molecule has 0 saturated carbocycles. The predicted molar refractivity (Wildman–Crippen MR) is 81.8 cm³/mol. The second-order valence-electron chi connectivity index (χ2n) is 6.95. The van der Waals surface area contributed by atoms with Crippen LogP contribution in [0.15, 0.2) is 0 Å². The van der Waals surface area contributed by atoms with Gasteiger partial charge >= 0.3 is 30.3 Å². The summed E-state index contributed by atoms with van der Waals surface area (Å²) in [6, 6.07) is 0. The van der Waals surface area contributed by atoms with Crippen LogP contribution in [0.5, 0.6) is 0 Å². The first-order valence-electron chi connectivity index (χ1n) is 8.16. The highest BCUT2D eigenvalue weighted by Crippen LogP contribution is 2.35. The highest BCUT2D eigenvalue weighted by atomic mass is 19.4. The molecule has 0 aliphatic heterocycles. The van der Waals surface area contributed by atoms with Crippen molar-refractivity contribution in [2.45, 2.75) is 64.9 Å². The van der Waals surface area contributed by atoms with E-state index >= 15 is 0 Å². The zero-order chi connectivity index (χ0) is 22.2. The van der Waals surface area contributed by atoms with E-state index in [2.05, 4.69) is 9.47 Å². The van der Waals surface area contributed by atoms with E-state index in [1.165, 1.54) is 0 Å². The normalized spacial score (nSPS) is 12.6. The van der Waals surface area contributed by atoms with Gasteiger partial charge in [-0.05, 0) is 11.8 Å². The van der Waals surface area contributed by atoms with Gasteiger partial charge in [-0.1, -0.05) is 20.8 Å². The van der Waals surface area contributed by atoms with Gasteiger partial charge in [-0.15, -0.1) is 0 Å². The molecule has 0 fully saturated rings. The summed E-state index contributed by atoms with van der Waals surface area (Å²) in [5, 5.41) is 0. The predicted octanol–water partition coefficient (Wildman–Crippen LogP) is 3.72. The lowest BCUT2D eigenvalue weighted by molar-refractivity contribution is -0.313. The molecule has 6 nitrogen and oxygen atoms in total. The smallest absolute Gasteiger partial charge is 0.434 e. The molecule has 0 bridgehead atoms. The third kappa shape index (κ3) is 12.4. The summed E-state index contributed by atoms with van der Waals surface area (Å²) < 4.78 is 86.1. The van der Waals surface area contributed by atoms with Crippen LogP contribution in [-0.2, 0) is 28.6 Å². The van der Waals surface area contributed by atoms with Gasteiger partial charge in [-0.2, -0.15) is 26.3 Å². The van der Waals surface area contributed by atoms with Gasteiger partial charge in [-0.25, -0.2) is 0 Å². The SMILES string of the molecule is CC(C)(C)CCC(=O)OCCOC(=O)CCC(=O)OC(C(F)(F)F)C(F)(F)F. The van der Waals surface area contributed by atoms with Gasteiger partial charge in [0.25, 0.3) is 6.10 Å². The first-order chi connectivity index (χ1) is 12.5. The van der Waals surface area contributed by atoms with Gasteiger partial charge in [0, 0.05) is 6.42 Å². The number of hydrogen-bond acceptors (Lipinski definition) is 6. The fourth-order valence-corrected chi connectivity index (χ4v) is 1.65. The van der Waals surface area contributed by atoms with Gasteiger partial charge in [-0.3, -0.25) is 14.4 Å². The third-order valence-corrected chi connectivity index (χ3v) is 3.07. The van der Waals surface area contributed by atoms with Gasteiger partial charge in [0.05, 0.1) is 12.8 Å². The van der Waals surface area contributed by atoms with E-state index in [0.717, 1.165) is 0 Å².